The summed E-state index contributed by atoms with van der Waals surface area (Å²) in [6.45, 7) is 2.80. The van der Waals surface area contributed by atoms with E-state index in [1.165, 1.54) is 10.9 Å². The molecule has 1 aliphatic rings. The summed E-state index contributed by atoms with van der Waals surface area (Å²) in [5.41, 5.74) is 2.41. The molecule has 6 nitrogen and oxygen atoms in total. The van der Waals surface area contributed by atoms with Gasteiger partial charge in [0.25, 0.3) is 0 Å². The summed E-state index contributed by atoms with van der Waals surface area (Å²) in [4.78, 5) is 4.29. The summed E-state index contributed by atoms with van der Waals surface area (Å²) >= 11 is 0. The first-order chi connectivity index (χ1) is 13.3. The Morgan fingerprint density at radius 1 is 1.07 bits per heavy atom. The van der Waals surface area contributed by atoms with Crippen LogP contribution in [0.15, 0.2) is 59.7 Å². The Labute approximate surface area is 182 Å². The molecule has 0 radical (unpaired) electrons. The first-order valence-electron chi connectivity index (χ1n) is 9.20. The van der Waals surface area contributed by atoms with Crippen LogP contribution in [0.25, 0.3) is 10.9 Å². The van der Waals surface area contributed by atoms with Gasteiger partial charge in [-0.3, -0.25) is 4.99 Å². The topological polar surface area (TPSA) is 59.8 Å². The average molecular weight is 492 g/mol. The normalized spacial score (nSPS) is 12.7. The summed E-state index contributed by atoms with van der Waals surface area (Å²) in [5, 5.41) is 7.99. The number of nitrogens with one attached hydrogen (secondary N) is 2. The van der Waals surface area contributed by atoms with Crippen molar-refractivity contribution in [1.82, 2.24) is 15.2 Å². The van der Waals surface area contributed by atoms with Crippen molar-refractivity contribution in [2.75, 3.05) is 20.4 Å². The monoisotopic (exact) mass is 492 g/mol. The Kier molecular flexibility index (Phi) is 7.02. The minimum absolute atomic E-state index is 0. The van der Waals surface area contributed by atoms with Crippen molar-refractivity contribution < 1.29 is 9.47 Å². The number of hydrogen-bond acceptors (Lipinski definition) is 3. The summed E-state index contributed by atoms with van der Waals surface area (Å²) in [6, 6.07) is 16.6. The van der Waals surface area contributed by atoms with E-state index in [4.69, 9.17) is 9.47 Å². The van der Waals surface area contributed by atoms with Crippen LogP contribution < -0.4 is 20.1 Å². The first kappa shape index (κ1) is 20.3. The molecule has 0 unspecified atom stereocenters. The van der Waals surface area contributed by atoms with Crippen LogP contribution in [0.3, 0.4) is 0 Å². The van der Waals surface area contributed by atoms with Gasteiger partial charge in [0.05, 0.1) is 0 Å². The van der Waals surface area contributed by atoms with Crippen LogP contribution in [0.4, 0.5) is 0 Å². The van der Waals surface area contributed by atoms with E-state index < -0.39 is 0 Å². The Morgan fingerprint density at radius 3 is 2.82 bits per heavy atom. The lowest BCUT2D eigenvalue weighted by Crippen LogP contribution is -2.37. The average Bonchev–Trinajstić information content (AvgIpc) is 3.34. The number of benzene rings is 2. The van der Waals surface area contributed by atoms with Crippen molar-refractivity contribution in [3.05, 3.63) is 60.3 Å². The highest BCUT2D eigenvalue weighted by atomic mass is 127. The zero-order valence-corrected chi connectivity index (χ0v) is 18.2. The van der Waals surface area contributed by atoms with Gasteiger partial charge in [-0.2, -0.15) is 0 Å². The molecule has 0 bridgehead atoms. The van der Waals surface area contributed by atoms with E-state index in [0.29, 0.717) is 13.3 Å². The fraction of sp³-hybridized carbons (Fsp3) is 0.286. The lowest BCUT2D eigenvalue weighted by atomic mass is 10.2. The van der Waals surface area contributed by atoms with Crippen LogP contribution in [0.5, 0.6) is 11.5 Å². The maximum Gasteiger partial charge on any atom is 0.231 e. The van der Waals surface area contributed by atoms with Crippen molar-refractivity contribution in [1.29, 1.82) is 0 Å². The smallest absolute Gasteiger partial charge is 0.231 e. The second kappa shape index (κ2) is 9.68. The van der Waals surface area contributed by atoms with Gasteiger partial charge in [-0.1, -0.05) is 24.3 Å². The second-order valence-electron chi connectivity index (χ2n) is 6.46. The summed E-state index contributed by atoms with van der Waals surface area (Å²) in [7, 11) is 1.79. The zero-order valence-electron chi connectivity index (χ0n) is 15.9. The molecule has 2 aromatic carbocycles. The second-order valence-corrected chi connectivity index (χ2v) is 6.46. The van der Waals surface area contributed by atoms with Crippen molar-refractivity contribution in [2.45, 2.75) is 19.5 Å². The number of aromatic nitrogens is 1. The minimum atomic E-state index is 0. The molecule has 2 heterocycles. The van der Waals surface area contributed by atoms with Crippen molar-refractivity contribution in [2.24, 2.45) is 4.99 Å². The van der Waals surface area contributed by atoms with Gasteiger partial charge in [-0.05, 0) is 41.6 Å². The molecule has 0 amide bonds. The van der Waals surface area contributed by atoms with E-state index in [2.05, 4.69) is 56.7 Å². The van der Waals surface area contributed by atoms with Crippen molar-refractivity contribution in [3.63, 3.8) is 0 Å². The van der Waals surface area contributed by atoms with Crippen LogP contribution in [0.2, 0.25) is 0 Å². The lowest BCUT2D eigenvalue weighted by molar-refractivity contribution is 0.174. The first-order valence-corrected chi connectivity index (χ1v) is 9.20. The van der Waals surface area contributed by atoms with E-state index >= 15 is 0 Å². The van der Waals surface area contributed by atoms with Gasteiger partial charge in [0.15, 0.2) is 17.5 Å². The number of halogens is 1. The van der Waals surface area contributed by atoms with Gasteiger partial charge in [-0.25, -0.2) is 0 Å². The number of nitrogens with zero attached hydrogens (tertiary/aromatic N) is 2. The minimum Gasteiger partial charge on any atom is -0.454 e. The molecule has 0 aliphatic carbocycles. The molecular weight excluding hydrogens is 467 g/mol. The van der Waals surface area contributed by atoms with Crippen LogP contribution in [-0.4, -0.2) is 30.9 Å². The third-order valence-electron chi connectivity index (χ3n) is 4.67. The van der Waals surface area contributed by atoms with Crippen LogP contribution in [-0.2, 0) is 13.1 Å². The molecule has 2 N–H and O–H groups in total. The Hall–Kier alpha value is -2.42. The summed E-state index contributed by atoms with van der Waals surface area (Å²) in [6.07, 6.45) is 3.17. The number of guanidine groups is 1. The molecule has 0 atom stereocenters. The highest BCUT2D eigenvalue weighted by Crippen LogP contribution is 2.32. The van der Waals surface area contributed by atoms with E-state index in [0.717, 1.165) is 42.5 Å². The van der Waals surface area contributed by atoms with Gasteiger partial charge < -0.3 is 24.7 Å². The van der Waals surface area contributed by atoms with Gasteiger partial charge in [0.1, 0.15) is 0 Å². The molecule has 148 valence electrons. The van der Waals surface area contributed by atoms with Crippen LogP contribution in [0.1, 0.15) is 12.0 Å². The van der Waals surface area contributed by atoms with E-state index in [1.807, 2.05) is 18.2 Å². The number of aliphatic imine (C=N–C) groups is 1. The highest BCUT2D eigenvalue weighted by molar-refractivity contribution is 14.0. The predicted octanol–water partition coefficient (Wildman–Crippen LogP) is 3.74. The van der Waals surface area contributed by atoms with Crippen molar-refractivity contribution in [3.8, 4) is 11.5 Å². The highest BCUT2D eigenvalue weighted by Gasteiger charge is 2.13. The largest absolute Gasteiger partial charge is 0.454 e. The quantitative estimate of drug-likeness (QED) is 0.238. The fourth-order valence-corrected chi connectivity index (χ4v) is 3.25. The number of para-hydroxylation sites is 1. The lowest BCUT2D eigenvalue weighted by Gasteiger charge is -2.13. The third kappa shape index (κ3) is 4.70. The number of ether oxygens (including phenoxy) is 2. The molecule has 4 rings (SSSR count). The molecule has 1 aliphatic heterocycles. The summed E-state index contributed by atoms with van der Waals surface area (Å²) < 4.78 is 13.1. The number of fused-ring (bicyclic) bond motifs is 2. The molecule has 28 heavy (non-hydrogen) atoms. The van der Waals surface area contributed by atoms with Gasteiger partial charge >= 0.3 is 0 Å². The van der Waals surface area contributed by atoms with Crippen molar-refractivity contribution >= 4 is 40.8 Å². The standard InChI is InChI=1S/C21H24N4O2.HI/c1-22-21(24-14-16-7-8-19-20(13-16)27-15-26-19)23-10-4-11-25-12-9-17-5-2-3-6-18(17)25;/h2-3,5-9,12-13H,4,10-11,14-15H2,1H3,(H2,22,23,24);1H. The van der Waals surface area contributed by atoms with Crippen LogP contribution in [0, 0.1) is 0 Å². The molecule has 0 saturated heterocycles. The molecule has 1 aromatic heterocycles. The van der Waals surface area contributed by atoms with E-state index in [-0.39, 0.29) is 24.0 Å². The fourth-order valence-electron chi connectivity index (χ4n) is 3.25. The van der Waals surface area contributed by atoms with Crippen LogP contribution >= 0.6 is 24.0 Å². The maximum atomic E-state index is 5.42. The molecule has 3 aromatic rings. The van der Waals surface area contributed by atoms with E-state index in [9.17, 15) is 0 Å². The number of rotatable bonds is 6. The van der Waals surface area contributed by atoms with Gasteiger partial charge in [0, 0.05) is 38.4 Å². The molecule has 0 saturated carbocycles. The molecular formula is C21H25IN4O2. The van der Waals surface area contributed by atoms with Gasteiger partial charge in [0.2, 0.25) is 6.79 Å². The maximum absolute atomic E-state index is 5.42. The Balaban J connectivity index is 0.00000225. The number of hydrogen-bond donors (Lipinski definition) is 2. The third-order valence-corrected chi connectivity index (χ3v) is 4.67. The zero-order chi connectivity index (χ0) is 18.5. The number of aryl methyl sites for hydroxylation is 1. The van der Waals surface area contributed by atoms with E-state index in [1.54, 1.807) is 7.05 Å². The molecule has 0 spiro atoms. The molecule has 7 heteroatoms. The Morgan fingerprint density at radius 2 is 1.93 bits per heavy atom. The summed E-state index contributed by atoms with van der Waals surface area (Å²) in [5.74, 6) is 2.40. The molecule has 0 fully saturated rings. The Bertz CT molecular complexity index is 954. The SMILES string of the molecule is CN=C(NCCCn1ccc2ccccc21)NCc1ccc2c(c1)OCO2.I. The van der Waals surface area contributed by atoms with Gasteiger partial charge in [-0.15, -0.1) is 24.0 Å². The predicted molar refractivity (Wildman–Crippen MR) is 123 cm³/mol.